The number of rotatable bonds is 3. The molecule has 0 fully saturated rings. The largest absolute Gasteiger partial charge is 0.481 e. The summed E-state index contributed by atoms with van der Waals surface area (Å²) in [6, 6.07) is 8.03. The Hall–Kier alpha value is -2.30. The SMILES string of the molecule is COc1cc(N(C)c2ccc(C)cc2C)nc(N)n1. The van der Waals surface area contributed by atoms with Crippen LogP contribution in [0.2, 0.25) is 0 Å². The number of anilines is 3. The minimum atomic E-state index is 0.200. The fourth-order valence-corrected chi connectivity index (χ4v) is 2.01. The second-order valence-corrected chi connectivity index (χ2v) is 4.48. The predicted octanol–water partition coefficient (Wildman–Crippen LogP) is 2.45. The summed E-state index contributed by atoms with van der Waals surface area (Å²) < 4.78 is 5.11. The van der Waals surface area contributed by atoms with Gasteiger partial charge >= 0.3 is 0 Å². The van der Waals surface area contributed by atoms with Gasteiger partial charge in [0.05, 0.1) is 7.11 Å². The van der Waals surface area contributed by atoms with Gasteiger partial charge in [0.25, 0.3) is 0 Å². The van der Waals surface area contributed by atoms with Gasteiger partial charge < -0.3 is 15.4 Å². The quantitative estimate of drug-likeness (QED) is 0.916. The van der Waals surface area contributed by atoms with Crippen LogP contribution in [0.25, 0.3) is 0 Å². The van der Waals surface area contributed by atoms with Gasteiger partial charge in [0, 0.05) is 18.8 Å². The van der Waals surface area contributed by atoms with Gasteiger partial charge in [-0.3, -0.25) is 0 Å². The Balaban J connectivity index is 2.43. The van der Waals surface area contributed by atoms with Crippen molar-refractivity contribution in [3.63, 3.8) is 0 Å². The summed E-state index contributed by atoms with van der Waals surface area (Å²) in [5, 5.41) is 0. The molecule has 0 atom stereocenters. The first-order valence-corrected chi connectivity index (χ1v) is 6.01. The molecule has 5 heteroatoms. The van der Waals surface area contributed by atoms with E-state index in [0.717, 1.165) is 5.69 Å². The van der Waals surface area contributed by atoms with Gasteiger partial charge in [-0.1, -0.05) is 17.7 Å². The van der Waals surface area contributed by atoms with Crippen LogP contribution in [0.1, 0.15) is 11.1 Å². The molecule has 0 saturated carbocycles. The van der Waals surface area contributed by atoms with Crippen molar-refractivity contribution in [1.82, 2.24) is 9.97 Å². The number of nitrogen functional groups attached to an aromatic ring is 1. The lowest BCUT2D eigenvalue weighted by Crippen LogP contribution is -2.14. The number of aryl methyl sites for hydroxylation is 2. The standard InChI is InChI=1S/C14H18N4O/c1-9-5-6-11(10(2)7-9)18(3)12-8-13(19-4)17-14(15)16-12/h5-8H,1-4H3,(H2,15,16,17). The van der Waals surface area contributed by atoms with Crippen molar-refractivity contribution in [3.05, 3.63) is 35.4 Å². The zero-order valence-corrected chi connectivity index (χ0v) is 11.6. The van der Waals surface area contributed by atoms with E-state index in [4.69, 9.17) is 10.5 Å². The summed E-state index contributed by atoms with van der Waals surface area (Å²) in [6.45, 7) is 4.14. The van der Waals surface area contributed by atoms with Crippen molar-refractivity contribution in [2.75, 3.05) is 24.8 Å². The zero-order valence-electron chi connectivity index (χ0n) is 11.6. The van der Waals surface area contributed by atoms with E-state index < -0.39 is 0 Å². The molecule has 1 heterocycles. The molecular weight excluding hydrogens is 240 g/mol. The van der Waals surface area contributed by atoms with E-state index >= 15 is 0 Å². The van der Waals surface area contributed by atoms with E-state index in [2.05, 4.69) is 42.0 Å². The van der Waals surface area contributed by atoms with Crippen molar-refractivity contribution in [3.8, 4) is 5.88 Å². The molecule has 100 valence electrons. The summed E-state index contributed by atoms with van der Waals surface area (Å²) in [4.78, 5) is 10.2. The number of hydrogen-bond donors (Lipinski definition) is 1. The molecule has 1 aromatic heterocycles. The highest BCUT2D eigenvalue weighted by atomic mass is 16.5. The molecule has 0 radical (unpaired) electrons. The fourth-order valence-electron chi connectivity index (χ4n) is 2.01. The lowest BCUT2D eigenvalue weighted by molar-refractivity contribution is 0.398. The molecule has 0 saturated heterocycles. The number of ether oxygens (including phenoxy) is 1. The molecule has 2 rings (SSSR count). The zero-order chi connectivity index (χ0) is 14.0. The third-order valence-electron chi connectivity index (χ3n) is 2.97. The van der Waals surface area contributed by atoms with Gasteiger partial charge in [-0.2, -0.15) is 9.97 Å². The number of methoxy groups -OCH3 is 1. The first kappa shape index (κ1) is 13.1. The van der Waals surface area contributed by atoms with Crippen LogP contribution in [-0.4, -0.2) is 24.1 Å². The Bertz CT molecular complexity index is 598. The predicted molar refractivity (Wildman–Crippen MR) is 77.0 cm³/mol. The number of aromatic nitrogens is 2. The third kappa shape index (κ3) is 2.76. The molecule has 0 aliphatic heterocycles. The van der Waals surface area contributed by atoms with E-state index in [1.807, 2.05) is 11.9 Å². The second-order valence-electron chi connectivity index (χ2n) is 4.48. The van der Waals surface area contributed by atoms with Crippen molar-refractivity contribution in [1.29, 1.82) is 0 Å². The molecular formula is C14H18N4O. The van der Waals surface area contributed by atoms with Crippen LogP contribution in [-0.2, 0) is 0 Å². The Morgan fingerprint density at radius 1 is 1.16 bits per heavy atom. The molecule has 0 bridgehead atoms. The van der Waals surface area contributed by atoms with Crippen molar-refractivity contribution >= 4 is 17.5 Å². The first-order chi connectivity index (χ1) is 9.01. The van der Waals surface area contributed by atoms with Gasteiger partial charge in [-0.05, 0) is 25.5 Å². The van der Waals surface area contributed by atoms with E-state index in [1.165, 1.54) is 11.1 Å². The lowest BCUT2D eigenvalue weighted by atomic mass is 10.1. The maximum Gasteiger partial charge on any atom is 0.225 e. The van der Waals surface area contributed by atoms with Crippen LogP contribution < -0.4 is 15.4 Å². The minimum absolute atomic E-state index is 0.200. The average molecular weight is 258 g/mol. The van der Waals surface area contributed by atoms with Crippen molar-refractivity contribution in [2.45, 2.75) is 13.8 Å². The molecule has 0 unspecified atom stereocenters. The van der Waals surface area contributed by atoms with Crippen LogP contribution in [0, 0.1) is 13.8 Å². The number of benzene rings is 1. The monoisotopic (exact) mass is 258 g/mol. The van der Waals surface area contributed by atoms with Crippen LogP contribution in [0.15, 0.2) is 24.3 Å². The highest BCUT2D eigenvalue weighted by Gasteiger charge is 2.11. The van der Waals surface area contributed by atoms with Crippen molar-refractivity contribution < 1.29 is 4.74 Å². The third-order valence-corrected chi connectivity index (χ3v) is 2.97. The molecule has 0 aliphatic carbocycles. The number of nitrogens with zero attached hydrogens (tertiary/aromatic N) is 3. The van der Waals surface area contributed by atoms with Crippen LogP contribution in [0.5, 0.6) is 5.88 Å². The molecule has 2 aromatic rings. The number of hydrogen-bond acceptors (Lipinski definition) is 5. The maximum atomic E-state index is 5.68. The Morgan fingerprint density at radius 3 is 2.53 bits per heavy atom. The highest BCUT2D eigenvalue weighted by Crippen LogP contribution is 2.28. The Labute approximate surface area is 113 Å². The van der Waals surface area contributed by atoms with E-state index in [-0.39, 0.29) is 5.95 Å². The van der Waals surface area contributed by atoms with Crippen LogP contribution >= 0.6 is 0 Å². The van der Waals surface area contributed by atoms with Crippen LogP contribution in [0.3, 0.4) is 0 Å². The van der Waals surface area contributed by atoms with Gasteiger partial charge in [-0.25, -0.2) is 0 Å². The molecule has 19 heavy (non-hydrogen) atoms. The summed E-state index contributed by atoms with van der Waals surface area (Å²) in [7, 11) is 3.50. The highest BCUT2D eigenvalue weighted by molar-refractivity contribution is 5.64. The Kier molecular flexibility index (Phi) is 3.55. The topological polar surface area (TPSA) is 64.3 Å². The van der Waals surface area contributed by atoms with Gasteiger partial charge in [0.15, 0.2) is 0 Å². The van der Waals surface area contributed by atoms with E-state index in [9.17, 15) is 0 Å². The summed E-state index contributed by atoms with van der Waals surface area (Å²) in [5.41, 5.74) is 9.17. The van der Waals surface area contributed by atoms with Gasteiger partial charge in [-0.15, -0.1) is 0 Å². The van der Waals surface area contributed by atoms with Gasteiger partial charge in [0.1, 0.15) is 5.82 Å². The molecule has 0 amide bonds. The normalized spacial score (nSPS) is 10.3. The summed E-state index contributed by atoms with van der Waals surface area (Å²) in [5.74, 6) is 1.36. The summed E-state index contributed by atoms with van der Waals surface area (Å²) >= 11 is 0. The van der Waals surface area contributed by atoms with Gasteiger partial charge in [0.2, 0.25) is 11.8 Å². The summed E-state index contributed by atoms with van der Waals surface area (Å²) in [6.07, 6.45) is 0. The average Bonchev–Trinajstić information content (AvgIpc) is 2.37. The molecule has 2 N–H and O–H groups in total. The molecule has 5 nitrogen and oxygen atoms in total. The van der Waals surface area contributed by atoms with Crippen LogP contribution in [0.4, 0.5) is 17.5 Å². The van der Waals surface area contributed by atoms with E-state index in [0.29, 0.717) is 11.7 Å². The van der Waals surface area contributed by atoms with E-state index in [1.54, 1.807) is 13.2 Å². The smallest absolute Gasteiger partial charge is 0.225 e. The molecule has 1 aromatic carbocycles. The van der Waals surface area contributed by atoms with Crippen molar-refractivity contribution in [2.24, 2.45) is 0 Å². The second kappa shape index (κ2) is 5.14. The Morgan fingerprint density at radius 2 is 1.89 bits per heavy atom. The molecule has 0 spiro atoms. The number of nitrogens with two attached hydrogens (primary N) is 1. The first-order valence-electron chi connectivity index (χ1n) is 6.01. The lowest BCUT2D eigenvalue weighted by Gasteiger charge is -2.21. The molecule has 0 aliphatic rings. The minimum Gasteiger partial charge on any atom is -0.481 e. The maximum absolute atomic E-state index is 5.68. The fraction of sp³-hybridized carbons (Fsp3) is 0.286.